The second kappa shape index (κ2) is 7.58. The molecule has 7 nitrogen and oxygen atoms in total. The lowest BCUT2D eigenvalue weighted by atomic mass is 9.94. The molecule has 1 amide bonds. The SMILES string of the molecule is Cc1ccccc1NC(=O)CSc1nnc2c3c4c(sc3nc(C)n12)COC(C)(C)C4. The van der Waals surface area contributed by atoms with Crippen LogP contribution >= 0.6 is 23.1 Å². The van der Waals surface area contributed by atoms with Gasteiger partial charge < -0.3 is 10.1 Å². The van der Waals surface area contributed by atoms with Crippen LogP contribution < -0.4 is 5.32 Å². The molecule has 0 fully saturated rings. The molecule has 0 saturated carbocycles. The second-order valence-corrected chi connectivity index (χ2v) is 10.4. The average Bonchev–Trinajstić information content (AvgIpc) is 3.28. The van der Waals surface area contributed by atoms with Gasteiger partial charge in [-0.15, -0.1) is 21.5 Å². The van der Waals surface area contributed by atoms with E-state index >= 15 is 0 Å². The Morgan fingerprint density at radius 3 is 2.90 bits per heavy atom. The van der Waals surface area contributed by atoms with Gasteiger partial charge in [-0.2, -0.15) is 0 Å². The molecule has 0 bridgehead atoms. The zero-order chi connectivity index (χ0) is 21.8. The lowest BCUT2D eigenvalue weighted by Gasteiger charge is -2.30. The van der Waals surface area contributed by atoms with Crippen LogP contribution in [0.5, 0.6) is 0 Å². The minimum absolute atomic E-state index is 0.0745. The van der Waals surface area contributed by atoms with Crippen LogP contribution in [0.4, 0.5) is 5.69 Å². The Bertz CT molecular complexity index is 1320. The smallest absolute Gasteiger partial charge is 0.234 e. The highest BCUT2D eigenvalue weighted by Crippen LogP contribution is 2.40. The predicted octanol–water partition coefficient (Wildman–Crippen LogP) is 4.54. The number of fused-ring (bicyclic) bond motifs is 5. The highest BCUT2D eigenvalue weighted by atomic mass is 32.2. The van der Waals surface area contributed by atoms with Gasteiger partial charge >= 0.3 is 0 Å². The number of nitrogens with zero attached hydrogens (tertiary/aromatic N) is 4. The normalized spacial score (nSPS) is 15.4. The van der Waals surface area contributed by atoms with E-state index in [0.29, 0.717) is 11.8 Å². The van der Waals surface area contributed by atoms with Crippen molar-refractivity contribution in [2.45, 2.75) is 51.5 Å². The van der Waals surface area contributed by atoms with Crippen molar-refractivity contribution in [2.24, 2.45) is 0 Å². The summed E-state index contributed by atoms with van der Waals surface area (Å²) in [6, 6.07) is 7.74. The van der Waals surface area contributed by atoms with E-state index in [9.17, 15) is 4.79 Å². The van der Waals surface area contributed by atoms with Gasteiger partial charge in [-0.05, 0) is 44.9 Å². The number of ether oxygens (including phenoxy) is 1. The van der Waals surface area contributed by atoms with Gasteiger partial charge in [0.15, 0.2) is 10.8 Å². The standard InChI is InChI=1S/C22H23N5O2S2/c1-12-7-5-6-8-15(12)24-17(28)11-30-21-26-25-19-18-14-9-22(3,4)29-10-16(14)31-20(18)23-13(2)27(19)21/h5-8H,9-11H2,1-4H3,(H,24,28). The number of carbonyl (C=O) groups is 1. The summed E-state index contributed by atoms with van der Waals surface area (Å²) in [6.07, 6.45) is 0.816. The number of aryl methyl sites for hydroxylation is 2. The molecule has 5 rings (SSSR count). The Hall–Kier alpha value is -2.49. The Labute approximate surface area is 188 Å². The molecule has 1 aliphatic rings. The number of hydrogen-bond acceptors (Lipinski definition) is 7. The van der Waals surface area contributed by atoms with Crippen LogP contribution in [0.2, 0.25) is 0 Å². The average molecular weight is 454 g/mol. The number of benzene rings is 1. The fraction of sp³-hybridized carbons (Fsp3) is 0.364. The van der Waals surface area contributed by atoms with E-state index in [1.165, 1.54) is 22.2 Å². The first-order valence-corrected chi connectivity index (χ1v) is 11.9. The van der Waals surface area contributed by atoms with Crippen LogP contribution in [-0.2, 0) is 22.6 Å². The van der Waals surface area contributed by atoms with Crippen LogP contribution in [0.15, 0.2) is 29.4 Å². The van der Waals surface area contributed by atoms with Gasteiger partial charge in [0.25, 0.3) is 0 Å². The van der Waals surface area contributed by atoms with Gasteiger partial charge in [0, 0.05) is 17.0 Å². The monoisotopic (exact) mass is 453 g/mol. The number of thioether (sulfide) groups is 1. The van der Waals surface area contributed by atoms with Gasteiger partial charge in [0.1, 0.15) is 10.7 Å². The number of rotatable bonds is 4. The molecular formula is C22H23N5O2S2. The number of carbonyl (C=O) groups excluding carboxylic acids is 1. The molecule has 0 radical (unpaired) electrons. The number of aromatic nitrogens is 4. The van der Waals surface area contributed by atoms with E-state index in [2.05, 4.69) is 29.4 Å². The number of hydrogen-bond donors (Lipinski definition) is 1. The molecule has 1 aromatic carbocycles. The summed E-state index contributed by atoms with van der Waals surface area (Å²) in [5.74, 6) is 0.984. The summed E-state index contributed by atoms with van der Waals surface area (Å²) in [4.78, 5) is 19.5. The summed E-state index contributed by atoms with van der Waals surface area (Å²) in [5.41, 5.74) is 3.71. The minimum atomic E-state index is -0.214. The van der Waals surface area contributed by atoms with Crippen molar-refractivity contribution < 1.29 is 9.53 Å². The Kier molecular flexibility index (Phi) is 4.99. The molecule has 31 heavy (non-hydrogen) atoms. The fourth-order valence-electron chi connectivity index (χ4n) is 3.89. The maximum absolute atomic E-state index is 12.5. The van der Waals surface area contributed by atoms with E-state index in [1.807, 2.05) is 42.5 Å². The highest BCUT2D eigenvalue weighted by molar-refractivity contribution is 7.99. The third kappa shape index (κ3) is 3.71. The van der Waals surface area contributed by atoms with Crippen molar-refractivity contribution in [3.8, 4) is 0 Å². The highest BCUT2D eigenvalue weighted by Gasteiger charge is 2.31. The third-order valence-corrected chi connectivity index (χ3v) is 7.49. The van der Waals surface area contributed by atoms with Gasteiger partial charge in [-0.25, -0.2) is 4.98 Å². The lowest BCUT2D eigenvalue weighted by Crippen LogP contribution is -2.31. The Balaban J connectivity index is 1.45. The first-order chi connectivity index (χ1) is 14.8. The summed E-state index contributed by atoms with van der Waals surface area (Å²) in [5, 5.41) is 13.6. The number of anilines is 1. The van der Waals surface area contributed by atoms with Crippen molar-refractivity contribution in [3.63, 3.8) is 0 Å². The molecule has 1 N–H and O–H groups in total. The zero-order valence-electron chi connectivity index (χ0n) is 17.9. The summed E-state index contributed by atoms with van der Waals surface area (Å²) >= 11 is 3.04. The van der Waals surface area contributed by atoms with Crippen LogP contribution in [0.1, 0.15) is 35.7 Å². The summed E-state index contributed by atoms with van der Waals surface area (Å²) < 4.78 is 7.94. The van der Waals surface area contributed by atoms with Crippen molar-refractivity contribution in [1.82, 2.24) is 19.6 Å². The lowest BCUT2D eigenvalue weighted by molar-refractivity contribution is -0.113. The van der Waals surface area contributed by atoms with Gasteiger partial charge in [-0.3, -0.25) is 9.20 Å². The minimum Gasteiger partial charge on any atom is -0.370 e. The first-order valence-electron chi connectivity index (χ1n) is 10.1. The van der Waals surface area contributed by atoms with E-state index < -0.39 is 0 Å². The zero-order valence-corrected chi connectivity index (χ0v) is 19.5. The number of amides is 1. The summed E-state index contributed by atoms with van der Waals surface area (Å²) in [6.45, 7) is 8.74. The topological polar surface area (TPSA) is 81.4 Å². The van der Waals surface area contributed by atoms with E-state index in [0.717, 1.165) is 39.4 Å². The van der Waals surface area contributed by atoms with Crippen molar-refractivity contribution in [3.05, 3.63) is 46.1 Å². The van der Waals surface area contributed by atoms with Crippen LogP contribution in [-0.4, -0.2) is 36.8 Å². The summed E-state index contributed by atoms with van der Waals surface area (Å²) in [7, 11) is 0. The van der Waals surface area contributed by atoms with Gasteiger partial charge in [0.2, 0.25) is 5.91 Å². The Morgan fingerprint density at radius 1 is 1.29 bits per heavy atom. The quantitative estimate of drug-likeness (QED) is 0.457. The van der Waals surface area contributed by atoms with Gasteiger partial charge in [0.05, 0.1) is 23.3 Å². The molecule has 1 aliphatic heterocycles. The number of thiophene rings is 1. The van der Waals surface area contributed by atoms with E-state index in [1.54, 1.807) is 11.3 Å². The molecule has 0 saturated heterocycles. The first kappa shape index (κ1) is 20.4. The Morgan fingerprint density at radius 2 is 2.10 bits per heavy atom. The van der Waals surface area contributed by atoms with Crippen molar-refractivity contribution in [1.29, 1.82) is 0 Å². The molecular weight excluding hydrogens is 430 g/mol. The molecule has 9 heteroatoms. The third-order valence-electron chi connectivity index (χ3n) is 5.46. The maximum atomic E-state index is 12.5. The largest absolute Gasteiger partial charge is 0.370 e. The van der Waals surface area contributed by atoms with Crippen LogP contribution in [0.3, 0.4) is 0 Å². The predicted molar refractivity (Wildman–Crippen MR) is 124 cm³/mol. The molecule has 0 atom stereocenters. The van der Waals surface area contributed by atoms with E-state index in [4.69, 9.17) is 9.72 Å². The van der Waals surface area contributed by atoms with Crippen molar-refractivity contribution in [2.75, 3.05) is 11.1 Å². The van der Waals surface area contributed by atoms with E-state index in [-0.39, 0.29) is 17.3 Å². The molecule has 160 valence electrons. The molecule has 4 aromatic rings. The second-order valence-electron chi connectivity index (χ2n) is 8.36. The van der Waals surface area contributed by atoms with Gasteiger partial charge in [-0.1, -0.05) is 30.0 Å². The molecule has 0 unspecified atom stereocenters. The van der Waals surface area contributed by atoms with Crippen LogP contribution in [0.25, 0.3) is 15.9 Å². The van der Waals surface area contributed by atoms with Crippen molar-refractivity contribution >= 4 is 50.6 Å². The maximum Gasteiger partial charge on any atom is 0.234 e. The molecule has 3 aromatic heterocycles. The molecule has 0 aliphatic carbocycles. The number of nitrogens with one attached hydrogen (secondary N) is 1. The van der Waals surface area contributed by atoms with Crippen LogP contribution in [0, 0.1) is 13.8 Å². The molecule has 0 spiro atoms. The number of para-hydroxylation sites is 1. The fourth-order valence-corrected chi connectivity index (χ4v) is 5.81. The molecule has 4 heterocycles.